The SMILES string of the molecule is C=CCN1C(=O)C(c2ccc(C)cc2)(c2ccc(C)cc2)c2ccccc21. The molecule has 3 aromatic carbocycles. The summed E-state index contributed by atoms with van der Waals surface area (Å²) in [6.07, 6.45) is 1.79. The summed E-state index contributed by atoms with van der Waals surface area (Å²) in [5.41, 5.74) is 5.52. The van der Waals surface area contributed by atoms with E-state index in [4.69, 9.17) is 0 Å². The van der Waals surface area contributed by atoms with Crippen molar-refractivity contribution in [3.05, 3.63) is 113 Å². The van der Waals surface area contributed by atoms with Crippen molar-refractivity contribution in [2.24, 2.45) is 0 Å². The number of hydrogen-bond donors (Lipinski definition) is 0. The van der Waals surface area contributed by atoms with Crippen LogP contribution in [0.1, 0.15) is 27.8 Å². The Morgan fingerprint density at radius 3 is 1.89 bits per heavy atom. The molecule has 0 aromatic heterocycles. The fourth-order valence-electron chi connectivity index (χ4n) is 4.10. The lowest BCUT2D eigenvalue weighted by Crippen LogP contribution is -2.42. The molecule has 1 amide bonds. The van der Waals surface area contributed by atoms with Crippen molar-refractivity contribution in [2.45, 2.75) is 19.3 Å². The zero-order valence-electron chi connectivity index (χ0n) is 15.8. The second-order valence-electron chi connectivity index (χ2n) is 7.20. The van der Waals surface area contributed by atoms with E-state index in [1.807, 2.05) is 23.1 Å². The van der Waals surface area contributed by atoms with Crippen molar-refractivity contribution in [1.29, 1.82) is 0 Å². The number of aryl methyl sites for hydroxylation is 2. The van der Waals surface area contributed by atoms with Crippen molar-refractivity contribution in [1.82, 2.24) is 0 Å². The zero-order chi connectivity index (χ0) is 19.0. The first-order chi connectivity index (χ1) is 13.1. The van der Waals surface area contributed by atoms with Crippen molar-refractivity contribution < 1.29 is 4.79 Å². The standard InChI is InChI=1S/C25H23NO/c1-4-17-26-23-8-6-5-7-22(23)25(24(26)27,20-13-9-18(2)10-14-20)21-15-11-19(3)12-16-21/h4-16H,1,17H2,2-3H3. The number of rotatable bonds is 4. The van der Waals surface area contributed by atoms with Gasteiger partial charge in [0.1, 0.15) is 5.41 Å². The molecule has 3 aromatic rings. The van der Waals surface area contributed by atoms with E-state index in [2.05, 4.69) is 75.0 Å². The lowest BCUT2D eigenvalue weighted by molar-refractivity contribution is -0.120. The number of para-hydroxylation sites is 1. The molecular formula is C25H23NO. The van der Waals surface area contributed by atoms with E-state index >= 15 is 0 Å². The van der Waals surface area contributed by atoms with Crippen LogP contribution in [0.5, 0.6) is 0 Å². The van der Waals surface area contributed by atoms with Crippen LogP contribution in [0, 0.1) is 13.8 Å². The van der Waals surface area contributed by atoms with Gasteiger partial charge in [0.15, 0.2) is 0 Å². The molecule has 0 spiro atoms. The van der Waals surface area contributed by atoms with Gasteiger partial charge in [-0.2, -0.15) is 0 Å². The summed E-state index contributed by atoms with van der Waals surface area (Å²) >= 11 is 0. The highest BCUT2D eigenvalue weighted by Gasteiger charge is 2.52. The van der Waals surface area contributed by atoms with E-state index in [1.165, 1.54) is 11.1 Å². The quantitative estimate of drug-likeness (QED) is 0.593. The van der Waals surface area contributed by atoms with Gasteiger partial charge in [0.25, 0.3) is 0 Å². The second-order valence-corrected chi connectivity index (χ2v) is 7.20. The summed E-state index contributed by atoms with van der Waals surface area (Å²) < 4.78 is 0. The predicted molar refractivity (Wildman–Crippen MR) is 111 cm³/mol. The van der Waals surface area contributed by atoms with Gasteiger partial charge >= 0.3 is 0 Å². The van der Waals surface area contributed by atoms with E-state index in [9.17, 15) is 4.79 Å². The molecule has 27 heavy (non-hydrogen) atoms. The van der Waals surface area contributed by atoms with Crippen LogP contribution in [0.4, 0.5) is 5.69 Å². The largest absolute Gasteiger partial charge is 0.307 e. The molecule has 0 radical (unpaired) electrons. The molecule has 0 atom stereocenters. The molecular weight excluding hydrogens is 330 g/mol. The van der Waals surface area contributed by atoms with Gasteiger partial charge < -0.3 is 4.90 Å². The van der Waals surface area contributed by atoms with Gasteiger partial charge in [0, 0.05) is 17.8 Å². The number of nitrogens with zero attached hydrogens (tertiary/aromatic N) is 1. The molecule has 0 aliphatic carbocycles. The van der Waals surface area contributed by atoms with Crippen LogP contribution in [-0.2, 0) is 10.2 Å². The van der Waals surface area contributed by atoms with E-state index in [0.717, 1.165) is 22.4 Å². The smallest absolute Gasteiger partial charge is 0.247 e. The lowest BCUT2D eigenvalue weighted by Gasteiger charge is -2.30. The van der Waals surface area contributed by atoms with Gasteiger partial charge in [-0.15, -0.1) is 6.58 Å². The molecule has 0 fully saturated rings. The summed E-state index contributed by atoms with van der Waals surface area (Å²) in [4.78, 5) is 15.8. The molecule has 0 N–H and O–H groups in total. The van der Waals surface area contributed by atoms with Crippen molar-refractivity contribution in [2.75, 3.05) is 11.4 Å². The number of fused-ring (bicyclic) bond motifs is 1. The summed E-state index contributed by atoms with van der Waals surface area (Å²) in [5, 5.41) is 0. The molecule has 1 aliphatic heterocycles. The first-order valence-corrected chi connectivity index (χ1v) is 9.25. The third-order valence-electron chi connectivity index (χ3n) is 5.45. The third kappa shape index (κ3) is 2.52. The Hall–Kier alpha value is -3.13. The highest BCUT2D eigenvalue weighted by atomic mass is 16.2. The number of carbonyl (C=O) groups excluding carboxylic acids is 1. The molecule has 0 saturated carbocycles. The fraction of sp³-hybridized carbons (Fsp3) is 0.160. The average Bonchev–Trinajstić information content (AvgIpc) is 2.93. The van der Waals surface area contributed by atoms with E-state index < -0.39 is 5.41 Å². The number of amides is 1. The minimum Gasteiger partial charge on any atom is -0.307 e. The number of benzene rings is 3. The molecule has 0 bridgehead atoms. The van der Waals surface area contributed by atoms with Gasteiger partial charge in [-0.3, -0.25) is 4.79 Å². The van der Waals surface area contributed by atoms with Crippen LogP contribution in [0.25, 0.3) is 0 Å². The van der Waals surface area contributed by atoms with Gasteiger partial charge in [-0.1, -0.05) is 83.9 Å². The molecule has 2 heteroatoms. The number of hydrogen-bond acceptors (Lipinski definition) is 1. The Morgan fingerprint density at radius 1 is 0.852 bits per heavy atom. The van der Waals surface area contributed by atoms with Gasteiger partial charge in [0.2, 0.25) is 5.91 Å². The highest BCUT2D eigenvalue weighted by Crippen LogP contribution is 2.50. The molecule has 134 valence electrons. The van der Waals surface area contributed by atoms with Crippen LogP contribution in [0.2, 0.25) is 0 Å². The van der Waals surface area contributed by atoms with Crippen LogP contribution >= 0.6 is 0 Å². The topological polar surface area (TPSA) is 20.3 Å². The maximum absolute atomic E-state index is 13.9. The predicted octanol–water partition coefficient (Wildman–Crippen LogP) is 5.17. The molecule has 0 saturated heterocycles. The Labute approximate surface area is 160 Å². The fourth-order valence-corrected chi connectivity index (χ4v) is 4.10. The molecule has 2 nitrogen and oxygen atoms in total. The first kappa shape index (κ1) is 17.3. The molecule has 1 aliphatic rings. The molecule has 1 heterocycles. The van der Waals surface area contributed by atoms with E-state index in [0.29, 0.717) is 6.54 Å². The maximum atomic E-state index is 13.9. The van der Waals surface area contributed by atoms with Crippen LogP contribution in [0.3, 0.4) is 0 Å². The number of carbonyl (C=O) groups is 1. The van der Waals surface area contributed by atoms with Crippen molar-refractivity contribution >= 4 is 11.6 Å². The number of anilines is 1. The Kier molecular flexibility index (Phi) is 4.19. The maximum Gasteiger partial charge on any atom is 0.247 e. The van der Waals surface area contributed by atoms with Gasteiger partial charge in [0.05, 0.1) is 0 Å². The third-order valence-corrected chi connectivity index (χ3v) is 5.45. The van der Waals surface area contributed by atoms with E-state index in [-0.39, 0.29) is 5.91 Å². The first-order valence-electron chi connectivity index (χ1n) is 9.25. The molecule has 0 unspecified atom stereocenters. The van der Waals surface area contributed by atoms with Crippen molar-refractivity contribution in [3.8, 4) is 0 Å². The van der Waals surface area contributed by atoms with Crippen LogP contribution in [-0.4, -0.2) is 12.5 Å². The van der Waals surface area contributed by atoms with Gasteiger partial charge in [-0.25, -0.2) is 0 Å². The normalized spacial score (nSPS) is 14.9. The summed E-state index contributed by atoms with van der Waals surface area (Å²) in [7, 11) is 0. The summed E-state index contributed by atoms with van der Waals surface area (Å²) in [6, 6.07) is 24.8. The van der Waals surface area contributed by atoms with Crippen molar-refractivity contribution in [3.63, 3.8) is 0 Å². The van der Waals surface area contributed by atoms with E-state index in [1.54, 1.807) is 6.08 Å². The Morgan fingerprint density at radius 2 is 1.37 bits per heavy atom. The minimum absolute atomic E-state index is 0.0799. The van der Waals surface area contributed by atoms with Crippen LogP contribution < -0.4 is 4.90 Å². The second kappa shape index (κ2) is 6.55. The van der Waals surface area contributed by atoms with Crippen LogP contribution in [0.15, 0.2) is 85.5 Å². The monoisotopic (exact) mass is 353 g/mol. The average molecular weight is 353 g/mol. The molecule has 4 rings (SSSR count). The van der Waals surface area contributed by atoms with Gasteiger partial charge in [-0.05, 0) is 31.0 Å². The summed E-state index contributed by atoms with van der Waals surface area (Å²) in [5.74, 6) is 0.0799. The Balaban J connectivity index is 2.07. The Bertz CT molecular complexity index is 954. The highest BCUT2D eigenvalue weighted by molar-refractivity contribution is 6.13. The zero-order valence-corrected chi connectivity index (χ0v) is 15.8. The lowest BCUT2D eigenvalue weighted by atomic mass is 9.70. The summed E-state index contributed by atoms with van der Waals surface area (Å²) in [6.45, 7) is 8.48. The minimum atomic E-state index is -0.832.